The van der Waals surface area contributed by atoms with Gasteiger partial charge in [0.25, 0.3) is 5.91 Å². The van der Waals surface area contributed by atoms with Crippen LogP contribution in [0, 0.1) is 6.92 Å². The Morgan fingerprint density at radius 1 is 1.35 bits per heavy atom. The fourth-order valence-electron chi connectivity index (χ4n) is 3.45. The van der Waals surface area contributed by atoms with Gasteiger partial charge in [0, 0.05) is 23.1 Å². The van der Waals surface area contributed by atoms with Gasteiger partial charge in [-0.25, -0.2) is 0 Å². The van der Waals surface area contributed by atoms with E-state index in [1.54, 1.807) is 0 Å². The quantitative estimate of drug-likeness (QED) is 0.899. The molecule has 4 heteroatoms. The monoisotopic (exact) mass is 336 g/mol. The summed E-state index contributed by atoms with van der Waals surface area (Å²) in [5.74, 6) is 0.174. The van der Waals surface area contributed by atoms with Crippen LogP contribution in [0.3, 0.4) is 0 Å². The Morgan fingerprint density at radius 3 is 2.90 bits per heavy atom. The Hall–Kier alpha value is -0.870. The summed E-state index contributed by atoms with van der Waals surface area (Å²) >= 11 is 3.54. The number of nitrogens with one attached hydrogen (secondary N) is 1. The summed E-state index contributed by atoms with van der Waals surface area (Å²) in [6.07, 6.45) is 4.69. The number of halogens is 1. The second kappa shape index (κ2) is 5.86. The molecule has 3 rings (SSSR count). The molecule has 1 aromatic carbocycles. The summed E-state index contributed by atoms with van der Waals surface area (Å²) in [4.78, 5) is 14.9. The van der Waals surface area contributed by atoms with Crippen molar-refractivity contribution in [1.29, 1.82) is 0 Å². The highest BCUT2D eigenvalue weighted by atomic mass is 79.9. The molecule has 2 fully saturated rings. The Morgan fingerprint density at radius 2 is 2.20 bits per heavy atom. The van der Waals surface area contributed by atoms with Gasteiger partial charge in [0.1, 0.15) is 0 Å². The third-order valence-electron chi connectivity index (χ3n) is 4.48. The van der Waals surface area contributed by atoms with E-state index in [1.165, 1.54) is 18.4 Å². The van der Waals surface area contributed by atoms with Gasteiger partial charge in [-0.2, -0.15) is 0 Å². The molecule has 2 unspecified atom stereocenters. The number of carbonyl (C=O) groups excluding carboxylic acids is 1. The van der Waals surface area contributed by atoms with Crippen LogP contribution in [0.4, 0.5) is 0 Å². The third kappa shape index (κ3) is 2.63. The van der Waals surface area contributed by atoms with Gasteiger partial charge >= 0.3 is 0 Å². The maximum absolute atomic E-state index is 12.8. The van der Waals surface area contributed by atoms with Crippen molar-refractivity contribution in [2.45, 2.75) is 44.7 Å². The lowest BCUT2D eigenvalue weighted by atomic mass is 10.0. The van der Waals surface area contributed by atoms with E-state index in [1.807, 2.05) is 25.1 Å². The number of aryl methyl sites for hydroxylation is 1. The van der Waals surface area contributed by atoms with Gasteiger partial charge in [-0.05, 0) is 72.8 Å². The van der Waals surface area contributed by atoms with Crippen LogP contribution in [-0.4, -0.2) is 36.0 Å². The lowest BCUT2D eigenvalue weighted by Gasteiger charge is -2.30. The topological polar surface area (TPSA) is 32.3 Å². The molecule has 0 aliphatic carbocycles. The van der Waals surface area contributed by atoms with E-state index in [0.29, 0.717) is 12.1 Å². The van der Waals surface area contributed by atoms with Crippen LogP contribution in [0.5, 0.6) is 0 Å². The van der Waals surface area contributed by atoms with Gasteiger partial charge in [0.15, 0.2) is 0 Å². The van der Waals surface area contributed by atoms with Crippen molar-refractivity contribution in [3.8, 4) is 0 Å². The minimum atomic E-state index is 0.174. The summed E-state index contributed by atoms with van der Waals surface area (Å²) in [5.41, 5.74) is 1.96. The average Bonchev–Trinajstić information content (AvgIpc) is 3.09. The van der Waals surface area contributed by atoms with E-state index in [4.69, 9.17) is 0 Å². The molecule has 1 N–H and O–H groups in total. The summed E-state index contributed by atoms with van der Waals surface area (Å²) in [6.45, 7) is 4.03. The molecule has 108 valence electrons. The van der Waals surface area contributed by atoms with Crippen LogP contribution in [0.25, 0.3) is 0 Å². The standard InChI is InChI=1S/C16H21BrN2O/c1-11-6-7-12(13(17)10-11)16(20)19-9-3-5-15(19)14-4-2-8-18-14/h6-7,10,14-15,18H,2-5,8-9H2,1H3. The predicted octanol–water partition coefficient (Wildman–Crippen LogP) is 3.11. The molecule has 2 atom stereocenters. The first kappa shape index (κ1) is 14.1. The Labute approximate surface area is 128 Å². The van der Waals surface area contributed by atoms with Crippen molar-refractivity contribution in [2.24, 2.45) is 0 Å². The number of carbonyl (C=O) groups is 1. The van der Waals surface area contributed by atoms with Crippen LogP contribution in [0.2, 0.25) is 0 Å². The zero-order chi connectivity index (χ0) is 14.1. The number of likely N-dealkylation sites (tertiary alicyclic amines) is 1. The van der Waals surface area contributed by atoms with Crippen molar-refractivity contribution in [2.75, 3.05) is 13.1 Å². The van der Waals surface area contributed by atoms with Crippen LogP contribution in [-0.2, 0) is 0 Å². The van der Waals surface area contributed by atoms with Crippen LogP contribution in [0.1, 0.15) is 41.6 Å². The van der Waals surface area contributed by atoms with Gasteiger partial charge in [-0.15, -0.1) is 0 Å². The van der Waals surface area contributed by atoms with Crippen molar-refractivity contribution in [3.63, 3.8) is 0 Å². The molecule has 2 heterocycles. The van der Waals surface area contributed by atoms with E-state index >= 15 is 0 Å². The molecule has 0 spiro atoms. The SMILES string of the molecule is Cc1ccc(C(=O)N2CCCC2C2CCCN2)c(Br)c1. The van der Waals surface area contributed by atoms with Crippen molar-refractivity contribution < 1.29 is 4.79 Å². The number of nitrogens with zero attached hydrogens (tertiary/aromatic N) is 1. The van der Waals surface area contributed by atoms with Gasteiger partial charge in [-0.3, -0.25) is 4.79 Å². The summed E-state index contributed by atoms with van der Waals surface area (Å²) < 4.78 is 0.910. The molecule has 0 radical (unpaired) electrons. The predicted molar refractivity (Wildman–Crippen MR) is 84.0 cm³/mol. The number of amides is 1. The molecule has 3 nitrogen and oxygen atoms in total. The molecule has 0 saturated carbocycles. The third-order valence-corrected chi connectivity index (χ3v) is 5.13. The minimum absolute atomic E-state index is 0.174. The maximum atomic E-state index is 12.8. The lowest BCUT2D eigenvalue weighted by Crippen LogP contribution is -2.46. The van der Waals surface area contributed by atoms with Crippen molar-refractivity contribution in [3.05, 3.63) is 33.8 Å². The van der Waals surface area contributed by atoms with Gasteiger partial charge < -0.3 is 10.2 Å². The second-order valence-corrected chi connectivity index (χ2v) is 6.75. The molecule has 1 aromatic rings. The molecular weight excluding hydrogens is 316 g/mol. The molecule has 0 bridgehead atoms. The number of hydrogen-bond acceptors (Lipinski definition) is 2. The van der Waals surface area contributed by atoms with E-state index in [9.17, 15) is 4.79 Å². The smallest absolute Gasteiger partial charge is 0.255 e. The normalized spacial score (nSPS) is 26.2. The first-order chi connectivity index (χ1) is 9.66. The molecule has 2 aliphatic heterocycles. The van der Waals surface area contributed by atoms with Crippen molar-refractivity contribution in [1.82, 2.24) is 10.2 Å². The highest BCUT2D eigenvalue weighted by Gasteiger charge is 2.36. The van der Waals surface area contributed by atoms with E-state index in [0.717, 1.165) is 36.0 Å². The fourth-order valence-corrected chi connectivity index (χ4v) is 4.11. The number of rotatable bonds is 2. The number of hydrogen-bond donors (Lipinski definition) is 1. The molecule has 20 heavy (non-hydrogen) atoms. The van der Waals surface area contributed by atoms with Crippen LogP contribution in [0.15, 0.2) is 22.7 Å². The largest absolute Gasteiger partial charge is 0.334 e. The molecule has 1 amide bonds. The summed E-state index contributed by atoms with van der Waals surface area (Å²) in [7, 11) is 0. The second-order valence-electron chi connectivity index (χ2n) is 5.89. The highest BCUT2D eigenvalue weighted by Crippen LogP contribution is 2.28. The Bertz CT molecular complexity index is 511. The zero-order valence-corrected chi connectivity index (χ0v) is 13.4. The summed E-state index contributed by atoms with van der Waals surface area (Å²) in [6, 6.07) is 6.84. The maximum Gasteiger partial charge on any atom is 0.255 e. The van der Waals surface area contributed by atoms with E-state index < -0.39 is 0 Å². The zero-order valence-electron chi connectivity index (χ0n) is 11.9. The van der Waals surface area contributed by atoms with Crippen LogP contribution >= 0.6 is 15.9 Å². The van der Waals surface area contributed by atoms with Gasteiger partial charge in [0.2, 0.25) is 0 Å². The Kier molecular flexibility index (Phi) is 4.13. The first-order valence-electron chi connectivity index (χ1n) is 7.47. The lowest BCUT2D eigenvalue weighted by molar-refractivity contribution is 0.0710. The average molecular weight is 337 g/mol. The van der Waals surface area contributed by atoms with Gasteiger partial charge in [0.05, 0.1) is 5.56 Å². The highest BCUT2D eigenvalue weighted by molar-refractivity contribution is 9.10. The van der Waals surface area contributed by atoms with E-state index in [-0.39, 0.29) is 5.91 Å². The van der Waals surface area contributed by atoms with Crippen molar-refractivity contribution >= 4 is 21.8 Å². The number of benzene rings is 1. The van der Waals surface area contributed by atoms with E-state index in [2.05, 4.69) is 26.1 Å². The van der Waals surface area contributed by atoms with Crippen LogP contribution < -0.4 is 5.32 Å². The molecule has 2 aliphatic rings. The molecule has 0 aromatic heterocycles. The minimum Gasteiger partial charge on any atom is -0.334 e. The first-order valence-corrected chi connectivity index (χ1v) is 8.26. The molecule has 2 saturated heterocycles. The Balaban J connectivity index is 1.81. The van der Waals surface area contributed by atoms with Gasteiger partial charge in [-0.1, -0.05) is 6.07 Å². The fraction of sp³-hybridized carbons (Fsp3) is 0.562. The molecular formula is C16H21BrN2O. The summed E-state index contributed by atoms with van der Waals surface area (Å²) in [5, 5.41) is 3.55.